The lowest BCUT2D eigenvalue weighted by Gasteiger charge is -2.03. The summed E-state index contributed by atoms with van der Waals surface area (Å²) in [5.41, 5.74) is 1.38. The Kier molecular flexibility index (Phi) is 4.12. The van der Waals surface area contributed by atoms with Crippen molar-refractivity contribution in [2.45, 2.75) is 13.5 Å². The number of hydrogen-bond donors (Lipinski definition) is 1. The van der Waals surface area contributed by atoms with Gasteiger partial charge in [0.2, 0.25) is 0 Å². The van der Waals surface area contributed by atoms with Crippen LogP contribution in [0.2, 0.25) is 5.02 Å². The van der Waals surface area contributed by atoms with Crippen molar-refractivity contribution in [1.82, 2.24) is 0 Å². The Morgan fingerprint density at radius 1 is 1.37 bits per heavy atom. The van der Waals surface area contributed by atoms with Crippen LogP contribution < -0.4 is 5.32 Å². The molecule has 0 aliphatic rings. The third kappa shape index (κ3) is 3.29. The van der Waals surface area contributed by atoms with Crippen LogP contribution in [0, 0.1) is 6.92 Å². The molecular weight excluding hydrogens is 266 g/mol. The topological polar surface area (TPSA) is 51.5 Å². The summed E-state index contributed by atoms with van der Waals surface area (Å²) in [6.45, 7) is 2.22. The number of rotatable bonds is 4. The van der Waals surface area contributed by atoms with Crippen LogP contribution in [0.5, 0.6) is 0 Å². The summed E-state index contributed by atoms with van der Waals surface area (Å²) in [7, 11) is 1.35. The zero-order valence-electron chi connectivity index (χ0n) is 10.7. The number of furan rings is 1. The van der Waals surface area contributed by atoms with E-state index in [2.05, 4.69) is 10.1 Å². The van der Waals surface area contributed by atoms with Gasteiger partial charge in [0.15, 0.2) is 0 Å². The lowest BCUT2D eigenvalue weighted by Crippen LogP contribution is -2.01. The Hall–Kier alpha value is -1.94. The summed E-state index contributed by atoms with van der Waals surface area (Å²) >= 11 is 5.81. The van der Waals surface area contributed by atoms with Crippen LogP contribution in [0.4, 0.5) is 5.69 Å². The molecule has 1 N–H and O–H groups in total. The zero-order chi connectivity index (χ0) is 13.8. The van der Waals surface area contributed by atoms with Gasteiger partial charge in [-0.25, -0.2) is 4.79 Å². The van der Waals surface area contributed by atoms with E-state index in [4.69, 9.17) is 16.0 Å². The Bertz CT molecular complexity index is 575. The zero-order valence-corrected chi connectivity index (χ0v) is 11.5. The number of hydrogen-bond acceptors (Lipinski definition) is 4. The Morgan fingerprint density at radius 3 is 2.68 bits per heavy atom. The molecule has 1 aromatic heterocycles. The number of benzene rings is 1. The lowest BCUT2D eigenvalue weighted by atomic mass is 10.2. The summed E-state index contributed by atoms with van der Waals surface area (Å²) in [4.78, 5) is 11.4. The fourth-order valence-corrected chi connectivity index (χ4v) is 1.83. The van der Waals surface area contributed by atoms with Gasteiger partial charge in [-0.15, -0.1) is 0 Å². The van der Waals surface area contributed by atoms with E-state index in [-0.39, 0.29) is 5.97 Å². The van der Waals surface area contributed by atoms with Crippen LogP contribution in [0.15, 0.2) is 34.7 Å². The Labute approximate surface area is 116 Å². The largest absolute Gasteiger partial charge is 0.465 e. The minimum Gasteiger partial charge on any atom is -0.465 e. The van der Waals surface area contributed by atoms with Gasteiger partial charge in [0.25, 0.3) is 0 Å². The highest BCUT2D eigenvalue weighted by molar-refractivity contribution is 6.30. The van der Waals surface area contributed by atoms with Crippen LogP contribution in [0.25, 0.3) is 0 Å². The number of anilines is 1. The first-order valence-electron chi connectivity index (χ1n) is 5.77. The molecule has 100 valence electrons. The molecule has 2 rings (SSSR count). The van der Waals surface area contributed by atoms with Crippen molar-refractivity contribution >= 4 is 23.3 Å². The molecule has 19 heavy (non-hydrogen) atoms. The van der Waals surface area contributed by atoms with Gasteiger partial charge in [-0.1, -0.05) is 11.6 Å². The molecule has 2 aromatic rings. The van der Waals surface area contributed by atoms with Crippen LogP contribution in [0.1, 0.15) is 21.9 Å². The van der Waals surface area contributed by atoms with Gasteiger partial charge in [0.05, 0.1) is 13.7 Å². The highest BCUT2D eigenvalue weighted by Crippen LogP contribution is 2.18. The van der Waals surface area contributed by atoms with E-state index in [0.717, 1.165) is 5.69 Å². The average Bonchev–Trinajstić information content (AvgIpc) is 2.78. The molecule has 0 saturated heterocycles. The van der Waals surface area contributed by atoms with Gasteiger partial charge in [0, 0.05) is 10.7 Å². The van der Waals surface area contributed by atoms with Gasteiger partial charge in [-0.3, -0.25) is 0 Å². The summed E-state index contributed by atoms with van der Waals surface area (Å²) < 4.78 is 10.2. The fraction of sp³-hybridized carbons (Fsp3) is 0.214. The molecule has 0 saturated carbocycles. The molecule has 0 bridgehead atoms. The second kappa shape index (κ2) is 5.80. The van der Waals surface area contributed by atoms with Crippen molar-refractivity contribution in [3.8, 4) is 0 Å². The number of carbonyl (C=O) groups excluding carboxylic acids is 1. The Morgan fingerprint density at radius 2 is 2.05 bits per heavy atom. The van der Waals surface area contributed by atoms with Crippen molar-refractivity contribution in [1.29, 1.82) is 0 Å². The fourth-order valence-electron chi connectivity index (χ4n) is 1.70. The lowest BCUT2D eigenvalue weighted by molar-refractivity contribution is 0.0599. The molecule has 4 nitrogen and oxygen atoms in total. The SMILES string of the molecule is COC(=O)c1cc(CNc2ccc(Cl)cc2)oc1C. The van der Waals surface area contributed by atoms with E-state index in [0.29, 0.717) is 28.7 Å². The number of ether oxygens (including phenoxy) is 1. The third-order valence-electron chi connectivity index (χ3n) is 2.69. The van der Waals surface area contributed by atoms with Crippen molar-refractivity contribution in [2.75, 3.05) is 12.4 Å². The van der Waals surface area contributed by atoms with Crippen LogP contribution in [0.3, 0.4) is 0 Å². The quantitative estimate of drug-likeness (QED) is 0.868. The van der Waals surface area contributed by atoms with Crippen LogP contribution in [-0.4, -0.2) is 13.1 Å². The highest BCUT2D eigenvalue weighted by atomic mass is 35.5. The predicted molar refractivity (Wildman–Crippen MR) is 73.6 cm³/mol. The van der Waals surface area contributed by atoms with Gasteiger partial charge in [0.1, 0.15) is 17.1 Å². The second-order valence-electron chi connectivity index (χ2n) is 4.03. The Balaban J connectivity index is 2.04. The van der Waals surface area contributed by atoms with Crippen LogP contribution in [-0.2, 0) is 11.3 Å². The van der Waals surface area contributed by atoms with E-state index in [1.54, 1.807) is 25.1 Å². The van der Waals surface area contributed by atoms with Crippen molar-refractivity contribution in [2.24, 2.45) is 0 Å². The van der Waals surface area contributed by atoms with E-state index < -0.39 is 0 Å². The second-order valence-corrected chi connectivity index (χ2v) is 4.47. The molecular formula is C14H14ClNO3. The summed E-state index contributed by atoms with van der Waals surface area (Å²) in [5, 5.41) is 3.87. The van der Waals surface area contributed by atoms with Crippen LogP contribution >= 0.6 is 11.6 Å². The highest BCUT2D eigenvalue weighted by Gasteiger charge is 2.14. The summed E-state index contributed by atoms with van der Waals surface area (Å²) in [5.74, 6) is 0.839. The molecule has 0 aliphatic heterocycles. The smallest absolute Gasteiger partial charge is 0.341 e. The van der Waals surface area contributed by atoms with E-state index >= 15 is 0 Å². The molecule has 0 amide bonds. The van der Waals surface area contributed by atoms with Crippen molar-refractivity contribution in [3.63, 3.8) is 0 Å². The number of esters is 1. The van der Waals surface area contributed by atoms with Gasteiger partial charge in [-0.2, -0.15) is 0 Å². The summed E-state index contributed by atoms with van der Waals surface area (Å²) in [6.07, 6.45) is 0. The number of methoxy groups -OCH3 is 1. The molecule has 0 radical (unpaired) electrons. The van der Waals surface area contributed by atoms with Crippen molar-refractivity contribution in [3.05, 3.63) is 52.4 Å². The molecule has 0 atom stereocenters. The van der Waals surface area contributed by atoms with E-state index in [9.17, 15) is 4.79 Å². The maximum atomic E-state index is 11.4. The molecule has 0 unspecified atom stereocenters. The third-order valence-corrected chi connectivity index (χ3v) is 2.94. The predicted octanol–water partition coefficient (Wildman–Crippen LogP) is 3.64. The van der Waals surface area contributed by atoms with E-state index in [1.165, 1.54) is 7.11 Å². The molecule has 0 fully saturated rings. The van der Waals surface area contributed by atoms with Gasteiger partial charge < -0.3 is 14.5 Å². The first kappa shape index (κ1) is 13.5. The minimum atomic E-state index is -0.390. The maximum Gasteiger partial charge on any atom is 0.341 e. The van der Waals surface area contributed by atoms with Crippen molar-refractivity contribution < 1.29 is 13.9 Å². The number of aryl methyl sites for hydroxylation is 1. The first-order chi connectivity index (χ1) is 9.10. The number of nitrogens with one attached hydrogen (secondary N) is 1. The van der Waals surface area contributed by atoms with Gasteiger partial charge >= 0.3 is 5.97 Å². The monoisotopic (exact) mass is 279 g/mol. The van der Waals surface area contributed by atoms with E-state index in [1.807, 2.05) is 12.1 Å². The number of carbonyl (C=O) groups is 1. The minimum absolute atomic E-state index is 0.390. The summed E-state index contributed by atoms with van der Waals surface area (Å²) in [6, 6.07) is 9.04. The first-order valence-corrected chi connectivity index (χ1v) is 6.15. The molecule has 1 heterocycles. The maximum absolute atomic E-state index is 11.4. The normalized spacial score (nSPS) is 10.3. The standard InChI is InChI=1S/C14H14ClNO3/c1-9-13(14(17)18-2)7-12(19-9)8-16-11-5-3-10(15)4-6-11/h3-7,16H,8H2,1-2H3. The molecule has 0 aliphatic carbocycles. The molecule has 5 heteroatoms. The molecule has 0 spiro atoms. The number of halogens is 1. The average molecular weight is 280 g/mol. The van der Waals surface area contributed by atoms with Gasteiger partial charge in [-0.05, 0) is 37.3 Å². The molecule has 1 aromatic carbocycles.